The van der Waals surface area contributed by atoms with E-state index < -0.39 is 0 Å². The number of carbonyl (C=O) groups is 1. The van der Waals surface area contributed by atoms with Crippen LogP contribution >= 0.6 is 23.8 Å². The number of halogens is 1. The summed E-state index contributed by atoms with van der Waals surface area (Å²) in [5.74, 6) is 1.23. The minimum Gasteiger partial charge on any atom is -0.497 e. The van der Waals surface area contributed by atoms with Crippen molar-refractivity contribution in [2.24, 2.45) is 5.10 Å². The summed E-state index contributed by atoms with van der Waals surface area (Å²) in [6.07, 6.45) is 0. The van der Waals surface area contributed by atoms with Gasteiger partial charge in [-0.3, -0.25) is 10.2 Å². The Morgan fingerprint density at radius 1 is 1.06 bits per heavy atom. The maximum absolute atomic E-state index is 12.8. The number of H-pyrrole nitrogens is 1. The van der Waals surface area contributed by atoms with Gasteiger partial charge in [0.1, 0.15) is 11.5 Å². The predicted molar refractivity (Wildman–Crippen MR) is 136 cm³/mol. The van der Waals surface area contributed by atoms with E-state index in [1.54, 1.807) is 50.4 Å². The van der Waals surface area contributed by atoms with Gasteiger partial charge in [0.15, 0.2) is 16.7 Å². The van der Waals surface area contributed by atoms with Gasteiger partial charge in [-0.1, -0.05) is 11.6 Å². The van der Waals surface area contributed by atoms with Gasteiger partial charge in [-0.2, -0.15) is 5.10 Å². The number of thiocarbonyl (C=S) groups is 1. The summed E-state index contributed by atoms with van der Waals surface area (Å²) >= 11 is 11.2. The lowest BCUT2D eigenvalue weighted by Crippen LogP contribution is -2.25. The number of hydrogen-bond acceptors (Lipinski definition) is 5. The minimum atomic E-state index is -0.0971. The lowest BCUT2D eigenvalue weighted by Gasteiger charge is -2.08. The van der Waals surface area contributed by atoms with Gasteiger partial charge in [-0.25, -0.2) is 4.98 Å². The molecule has 0 bridgehead atoms. The van der Waals surface area contributed by atoms with Gasteiger partial charge in [-0.05, 0) is 85.9 Å². The van der Waals surface area contributed by atoms with E-state index in [0.717, 1.165) is 17.0 Å². The van der Waals surface area contributed by atoms with Gasteiger partial charge in [-0.15, -0.1) is 0 Å². The topological polar surface area (TPSA) is 91.4 Å². The highest BCUT2D eigenvalue weighted by molar-refractivity contribution is 7.80. The van der Waals surface area contributed by atoms with E-state index in [-0.39, 0.29) is 5.78 Å². The van der Waals surface area contributed by atoms with Crippen molar-refractivity contribution in [2.45, 2.75) is 6.92 Å². The molecule has 0 fully saturated rings. The molecule has 1 aromatic heterocycles. The fourth-order valence-electron chi connectivity index (χ4n) is 3.11. The Balaban J connectivity index is 1.45. The molecule has 0 unspecified atom stereocenters. The zero-order valence-electron chi connectivity index (χ0n) is 17.8. The molecule has 0 amide bonds. The van der Waals surface area contributed by atoms with Crippen molar-refractivity contribution in [2.75, 3.05) is 12.4 Å². The van der Waals surface area contributed by atoms with Gasteiger partial charge in [0.05, 0.1) is 18.1 Å². The van der Waals surface area contributed by atoms with E-state index in [4.69, 9.17) is 28.6 Å². The first-order valence-electron chi connectivity index (χ1n) is 9.98. The minimum absolute atomic E-state index is 0.0971. The first-order valence-corrected chi connectivity index (χ1v) is 10.8. The zero-order valence-corrected chi connectivity index (χ0v) is 19.4. The van der Waals surface area contributed by atoms with Gasteiger partial charge >= 0.3 is 0 Å². The summed E-state index contributed by atoms with van der Waals surface area (Å²) in [6.45, 7) is 1.81. The van der Waals surface area contributed by atoms with Crippen molar-refractivity contribution < 1.29 is 9.53 Å². The second-order valence-corrected chi connectivity index (χ2v) is 7.99. The molecule has 0 spiro atoms. The van der Waals surface area contributed by atoms with E-state index in [0.29, 0.717) is 38.3 Å². The van der Waals surface area contributed by atoms with Crippen molar-refractivity contribution in [3.8, 4) is 5.75 Å². The number of benzene rings is 3. The summed E-state index contributed by atoms with van der Waals surface area (Å²) in [5.41, 5.74) is 6.79. The highest BCUT2D eigenvalue weighted by Gasteiger charge is 2.12. The molecule has 4 rings (SSSR count). The highest BCUT2D eigenvalue weighted by Crippen LogP contribution is 2.19. The number of imidazole rings is 1. The molecule has 0 atom stereocenters. The molecule has 9 heteroatoms. The van der Waals surface area contributed by atoms with Crippen LogP contribution in [0.2, 0.25) is 5.02 Å². The van der Waals surface area contributed by atoms with E-state index in [9.17, 15) is 4.79 Å². The zero-order chi connectivity index (χ0) is 23.4. The van der Waals surface area contributed by atoms with Crippen molar-refractivity contribution >= 4 is 57.1 Å². The number of ketones is 1. The van der Waals surface area contributed by atoms with Gasteiger partial charge in [0, 0.05) is 21.8 Å². The first-order chi connectivity index (χ1) is 15.9. The van der Waals surface area contributed by atoms with Crippen LogP contribution in [0, 0.1) is 0 Å². The monoisotopic (exact) mass is 477 g/mol. The Kier molecular flexibility index (Phi) is 6.67. The molecule has 0 saturated carbocycles. The van der Waals surface area contributed by atoms with E-state index in [1.165, 1.54) is 0 Å². The van der Waals surface area contributed by atoms with Crippen LogP contribution in [-0.2, 0) is 0 Å². The summed E-state index contributed by atoms with van der Waals surface area (Å²) in [7, 11) is 1.61. The first kappa shape index (κ1) is 22.4. The lowest BCUT2D eigenvalue weighted by molar-refractivity contribution is 0.103. The molecule has 0 aliphatic rings. The number of nitrogens with one attached hydrogen (secondary N) is 3. The van der Waals surface area contributed by atoms with Crippen LogP contribution in [-0.4, -0.2) is 33.7 Å². The van der Waals surface area contributed by atoms with Crippen molar-refractivity contribution in [1.82, 2.24) is 15.4 Å². The van der Waals surface area contributed by atoms with Crippen LogP contribution in [0.3, 0.4) is 0 Å². The van der Waals surface area contributed by atoms with Crippen molar-refractivity contribution in [1.29, 1.82) is 0 Å². The second-order valence-electron chi connectivity index (χ2n) is 7.14. The molecule has 3 N–H and O–H groups in total. The molecule has 0 radical (unpaired) electrons. The fourth-order valence-corrected chi connectivity index (χ4v) is 3.40. The number of anilines is 1. The molecule has 3 aromatic carbocycles. The Morgan fingerprint density at radius 2 is 1.76 bits per heavy atom. The predicted octanol–water partition coefficient (Wildman–Crippen LogP) is 5.17. The van der Waals surface area contributed by atoms with Gasteiger partial charge in [0.25, 0.3) is 0 Å². The lowest BCUT2D eigenvalue weighted by atomic mass is 10.0. The maximum Gasteiger partial charge on any atom is 0.193 e. The number of aromatic amines is 1. The number of carbonyl (C=O) groups excluding carboxylic acids is 1. The third-order valence-electron chi connectivity index (χ3n) is 4.87. The number of methoxy groups -OCH3 is 1. The molecule has 1 heterocycles. The van der Waals surface area contributed by atoms with E-state index in [1.807, 2.05) is 30.3 Å². The third kappa shape index (κ3) is 5.36. The fraction of sp³-hybridized carbons (Fsp3) is 0.0833. The number of fused-ring (bicyclic) bond motifs is 1. The number of ether oxygens (including phenoxy) is 1. The van der Waals surface area contributed by atoms with Crippen LogP contribution in [0.5, 0.6) is 5.75 Å². The second kappa shape index (κ2) is 9.81. The summed E-state index contributed by atoms with van der Waals surface area (Å²) in [4.78, 5) is 20.5. The van der Waals surface area contributed by atoms with Crippen molar-refractivity contribution in [3.05, 3.63) is 88.7 Å². The van der Waals surface area contributed by atoms with Crippen LogP contribution < -0.4 is 15.5 Å². The van der Waals surface area contributed by atoms with Crippen LogP contribution in [0.4, 0.5) is 5.69 Å². The van der Waals surface area contributed by atoms with Gasteiger partial charge in [0.2, 0.25) is 0 Å². The number of hydrogen-bond donors (Lipinski definition) is 3. The number of rotatable bonds is 6. The standard InChI is InChI=1S/C24H20ClN5O2S/c1-14(29-30-24(33)26-18-8-10-19(32-2)11-9-18)23-27-20-12-5-16(13-21(20)28-23)22(31)15-3-6-17(25)7-4-15/h3-13H,1-2H3,(H,27,28)(H2,26,30,33)/b29-14+. The quantitative estimate of drug-likeness (QED) is 0.154. The average molecular weight is 478 g/mol. The molecule has 4 aromatic rings. The number of hydrazone groups is 1. The summed E-state index contributed by atoms with van der Waals surface area (Å²) in [6, 6.07) is 19.5. The SMILES string of the molecule is COc1ccc(NC(=S)N/N=C(\C)c2nc3cc(C(=O)c4ccc(Cl)cc4)ccc3[nH]2)cc1. The summed E-state index contributed by atoms with van der Waals surface area (Å²) < 4.78 is 5.14. The Bertz CT molecular complexity index is 1350. The Morgan fingerprint density at radius 3 is 2.45 bits per heavy atom. The normalized spacial score (nSPS) is 11.3. The molecule has 0 saturated heterocycles. The highest BCUT2D eigenvalue weighted by atomic mass is 35.5. The number of nitrogens with zero attached hydrogens (tertiary/aromatic N) is 2. The molecule has 166 valence electrons. The Hall–Kier alpha value is -3.75. The molecule has 0 aliphatic heterocycles. The summed E-state index contributed by atoms with van der Waals surface area (Å²) in [5, 5.41) is 8.27. The van der Waals surface area contributed by atoms with Crippen LogP contribution in [0.25, 0.3) is 11.0 Å². The Labute approximate surface area is 200 Å². The van der Waals surface area contributed by atoms with E-state index in [2.05, 4.69) is 25.8 Å². The molecule has 0 aliphatic carbocycles. The average Bonchev–Trinajstić information content (AvgIpc) is 3.26. The van der Waals surface area contributed by atoms with Gasteiger partial charge < -0.3 is 15.0 Å². The third-order valence-corrected chi connectivity index (χ3v) is 5.31. The maximum atomic E-state index is 12.8. The van der Waals surface area contributed by atoms with Crippen LogP contribution in [0.1, 0.15) is 28.7 Å². The smallest absolute Gasteiger partial charge is 0.193 e. The van der Waals surface area contributed by atoms with E-state index >= 15 is 0 Å². The van der Waals surface area contributed by atoms with Crippen molar-refractivity contribution in [3.63, 3.8) is 0 Å². The molecule has 33 heavy (non-hydrogen) atoms. The largest absolute Gasteiger partial charge is 0.497 e. The molecular weight excluding hydrogens is 458 g/mol. The molecular formula is C24H20ClN5O2S. The molecule has 7 nitrogen and oxygen atoms in total. The number of aromatic nitrogens is 2. The van der Waals surface area contributed by atoms with Crippen LogP contribution in [0.15, 0.2) is 71.8 Å².